The predicted molar refractivity (Wildman–Crippen MR) is 96.2 cm³/mol. The summed E-state index contributed by atoms with van der Waals surface area (Å²) in [6, 6.07) is 6.61. The van der Waals surface area contributed by atoms with Crippen molar-refractivity contribution in [2.45, 2.75) is 24.9 Å². The van der Waals surface area contributed by atoms with Crippen molar-refractivity contribution in [1.82, 2.24) is 10.3 Å². The van der Waals surface area contributed by atoms with E-state index in [2.05, 4.69) is 21.8 Å². The average Bonchev–Trinajstić information content (AvgIpc) is 3.09. The van der Waals surface area contributed by atoms with Gasteiger partial charge in [-0.15, -0.1) is 11.8 Å². The molecule has 2 N–H and O–H groups in total. The zero-order valence-corrected chi connectivity index (χ0v) is 14.2. The lowest BCUT2D eigenvalue weighted by atomic mass is 10.0. The maximum Gasteiger partial charge on any atom is 0.261 e. The van der Waals surface area contributed by atoms with Gasteiger partial charge < -0.3 is 10.3 Å². The van der Waals surface area contributed by atoms with Gasteiger partial charge in [0.05, 0.1) is 0 Å². The molecule has 0 radical (unpaired) electrons. The van der Waals surface area contributed by atoms with Crippen molar-refractivity contribution >= 4 is 28.6 Å². The fourth-order valence-electron chi connectivity index (χ4n) is 2.52. The Labute approximate surface area is 143 Å². The number of pyridine rings is 1. The zero-order valence-electron chi connectivity index (χ0n) is 13.4. The molecule has 4 rings (SSSR count). The molecule has 0 bridgehead atoms. The van der Waals surface area contributed by atoms with Gasteiger partial charge in [0.1, 0.15) is 11.2 Å². The van der Waals surface area contributed by atoms with Gasteiger partial charge in [0, 0.05) is 18.3 Å². The summed E-state index contributed by atoms with van der Waals surface area (Å²) in [6.07, 6.45) is 4.54. The Hall–Kier alpha value is -2.08. The predicted octanol–water partition coefficient (Wildman–Crippen LogP) is 3.48. The van der Waals surface area contributed by atoms with Crippen LogP contribution in [0.1, 0.15) is 35.2 Å². The second kappa shape index (κ2) is 6.81. The highest BCUT2D eigenvalue weighted by molar-refractivity contribution is 8.02. The number of amides is 1. The van der Waals surface area contributed by atoms with Crippen molar-refractivity contribution in [3.8, 4) is 0 Å². The van der Waals surface area contributed by atoms with Gasteiger partial charge in [0.15, 0.2) is 0 Å². The van der Waals surface area contributed by atoms with Crippen molar-refractivity contribution in [3.63, 3.8) is 0 Å². The van der Waals surface area contributed by atoms with Crippen LogP contribution in [0.4, 0.5) is 4.39 Å². The summed E-state index contributed by atoms with van der Waals surface area (Å²) < 4.78 is 14.0. The molecule has 1 aliphatic carbocycles. The van der Waals surface area contributed by atoms with E-state index in [1.165, 1.54) is 25.3 Å². The van der Waals surface area contributed by atoms with Crippen molar-refractivity contribution < 1.29 is 9.18 Å². The number of aromatic nitrogens is 1. The van der Waals surface area contributed by atoms with E-state index in [9.17, 15) is 14.0 Å². The maximum atomic E-state index is 14.0. The van der Waals surface area contributed by atoms with Crippen molar-refractivity contribution in [2.24, 2.45) is 0 Å². The van der Waals surface area contributed by atoms with Gasteiger partial charge in [-0.25, -0.2) is 4.39 Å². The number of carbonyl (C=O) groups excluding carboxylic acids is 1. The fraction of sp³-hybridized carbons (Fsp3) is 0.333. The third-order valence-electron chi connectivity index (χ3n) is 4.12. The summed E-state index contributed by atoms with van der Waals surface area (Å²) in [6.45, 7) is 0. The lowest BCUT2D eigenvalue weighted by Crippen LogP contribution is -2.26. The lowest BCUT2D eigenvalue weighted by molar-refractivity contribution is 0.0962. The molecule has 4 nitrogen and oxygen atoms in total. The summed E-state index contributed by atoms with van der Waals surface area (Å²) in [5, 5.41) is 5.28. The van der Waals surface area contributed by atoms with Crippen molar-refractivity contribution in [3.05, 3.63) is 57.2 Å². The number of carbonyl (C=O) groups is 1. The van der Waals surface area contributed by atoms with Crippen LogP contribution in [0, 0.1) is 0 Å². The first-order chi connectivity index (χ1) is 11.5. The van der Waals surface area contributed by atoms with Gasteiger partial charge in [-0.3, -0.25) is 9.59 Å². The minimum absolute atomic E-state index is 0.0594. The molecule has 24 heavy (non-hydrogen) atoms. The molecule has 2 aliphatic rings. The highest BCUT2D eigenvalue weighted by Gasteiger charge is 2.44. The molecule has 1 aromatic carbocycles. The normalized spacial score (nSPS) is 17.2. The molecule has 1 aromatic heterocycles. The van der Waals surface area contributed by atoms with Gasteiger partial charge in [-0.1, -0.05) is 18.2 Å². The largest absolute Gasteiger partial charge is 0.355 e. The number of aromatic amines is 1. The van der Waals surface area contributed by atoms with Crippen molar-refractivity contribution in [1.29, 1.82) is 0 Å². The Morgan fingerprint density at radius 1 is 1.33 bits per heavy atom. The summed E-state index contributed by atoms with van der Waals surface area (Å²) in [7, 11) is 1.47. The molecule has 2 heterocycles. The van der Waals surface area contributed by atoms with Crippen LogP contribution in [0.15, 0.2) is 40.5 Å². The number of halogens is 1. The molecule has 1 amide bonds. The van der Waals surface area contributed by atoms with E-state index in [0.717, 1.165) is 0 Å². The quantitative estimate of drug-likeness (QED) is 0.875. The van der Waals surface area contributed by atoms with Gasteiger partial charge in [0.25, 0.3) is 11.5 Å². The molecular weight excluding hydrogens is 327 g/mol. The highest BCUT2D eigenvalue weighted by Crippen LogP contribution is 2.49. The van der Waals surface area contributed by atoms with E-state index in [0.29, 0.717) is 29.3 Å². The molecule has 1 fully saturated rings. The summed E-state index contributed by atoms with van der Waals surface area (Å²) in [5.74, 6) is 0.872. The Morgan fingerprint density at radius 3 is 2.67 bits per heavy atom. The zero-order chi connectivity index (χ0) is 17.2. The van der Waals surface area contributed by atoms with E-state index in [4.69, 9.17) is 0 Å². The van der Waals surface area contributed by atoms with E-state index in [1.807, 2.05) is 11.8 Å². The standard InChI is InChI=1S/C14H13FN2O2.C4H6S/c1-16-12(18)10-6-8-2-3-9(14(15)4-5-14)7-11(8)17-13(10)19;1-2-4-5-3-1/h2-3,6-7H,4-5H2,1H3,(H,16,18)(H,17,19);1,3H,2,4H2. The summed E-state index contributed by atoms with van der Waals surface area (Å²) in [5.41, 5.74) is -0.496. The first kappa shape index (κ1) is 16.8. The van der Waals surface area contributed by atoms with E-state index in [1.54, 1.807) is 18.2 Å². The maximum absolute atomic E-state index is 14.0. The molecule has 1 aliphatic heterocycles. The Bertz CT molecular complexity index is 850. The average molecular weight is 346 g/mol. The van der Waals surface area contributed by atoms with Crippen LogP contribution in [-0.2, 0) is 5.67 Å². The third kappa shape index (κ3) is 3.53. The molecule has 6 heteroatoms. The second-order valence-electron chi connectivity index (χ2n) is 5.89. The van der Waals surface area contributed by atoms with E-state index >= 15 is 0 Å². The third-order valence-corrected chi connectivity index (χ3v) is 4.98. The van der Waals surface area contributed by atoms with Crippen molar-refractivity contribution in [2.75, 3.05) is 12.8 Å². The minimum atomic E-state index is -1.23. The van der Waals surface area contributed by atoms with E-state index in [-0.39, 0.29) is 5.56 Å². The number of nitrogens with one attached hydrogen (secondary N) is 2. The van der Waals surface area contributed by atoms with Crippen LogP contribution >= 0.6 is 11.8 Å². The number of rotatable bonds is 2. The number of H-pyrrole nitrogens is 1. The molecule has 1 saturated carbocycles. The number of benzene rings is 1. The first-order valence-electron chi connectivity index (χ1n) is 7.89. The first-order valence-corrected chi connectivity index (χ1v) is 8.93. The summed E-state index contributed by atoms with van der Waals surface area (Å²) in [4.78, 5) is 26.0. The molecular formula is C18H19FN2O2S. The number of hydrogen-bond acceptors (Lipinski definition) is 3. The second-order valence-corrected chi connectivity index (χ2v) is 6.90. The van der Waals surface area contributed by atoms with Crippen LogP contribution in [0.3, 0.4) is 0 Å². The number of hydrogen-bond donors (Lipinski definition) is 2. The van der Waals surface area contributed by atoms with Gasteiger partial charge in [-0.05, 0) is 47.8 Å². The molecule has 0 spiro atoms. The SMILES string of the molecule is C1=CSCC1.CNC(=O)c1cc2ccc(C3(F)CC3)cc2[nH]c1=O. The molecule has 0 unspecified atom stereocenters. The Morgan fingerprint density at radius 2 is 2.12 bits per heavy atom. The Balaban J connectivity index is 0.000000290. The smallest absolute Gasteiger partial charge is 0.261 e. The summed E-state index contributed by atoms with van der Waals surface area (Å²) >= 11 is 1.89. The highest BCUT2D eigenvalue weighted by atomic mass is 32.2. The van der Waals surface area contributed by atoms with Crippen LogP contribution in [-0.4, -0.2) is 23.7 Å². The Kier molecular flexibility index (Phi) is 4.76. The van der Waals surface area contributed by atoms with Gasteiger partial charge in [0.2, 0.25) is 0 Å². The number of alkyl halides is 1. The molecule has 2 aromatic rings. The van der Waals surface area contributed by atoms with Gasteiger partial charge in [-0.2, -0.15) is 0 Å². The number of fused-ring (bicyclic) bond motifs is 1. The van der Waals surface area contributed by atoms with Crippen LogP contribution < -0.4 is 10.9 Å². The molecule has 0 atom stereocenters. The van der Waals surface area contributed by atoms with Gasteiger partial charge >= 0.3 is 0 Å². The van der Waals surface area contributed by atoms with Crippen LogP contribution in [0.5, 0.6) is 0 Å². The van der Waals surface area contributed by atoms with Crippen LogP contribution in [0.2, 0.25) is 0 Å². The number of allylic oxidation sites excluding steroid dienone is 1. The monoisotopic (exact) mass is 346 g/mol. The van der Waals surface area contributed by atoms with E-state index < -0.39 is 17.1 Å². The van der Waals surface area contributed by atoms with Crippen LogP contribution in [0.25, 0.3) is 10.9 Å². The fourth-order valence-corrected chi connectivity index (χ4v) is 3.20. The minimum Gasteiger partial charge on any atom is -0.355 e. The number of thioether (sulfide) groups is 1. The lowest BCUT2D eigenvalue weighted by Gasteiger charge is -2.07. The molecule has 0 saturated heterocycles. The topological polar surface area (TPSA) is 62.0 Å². The molecule has 126 valence electrons.